The van der Waals surface area contributed by atoms with Crippen LogP contribution in [0.1, 0.15) is 32.6 Å². The summed E-state index contributed by atoms with van der Waals surface area (Å²) in [5.41, 5.74) is 0.160. The van der Waals surface area contributed by atoms with Crippen LogP contribution >= 0.6 is 0 Å². The Morgan fingerprint density at radius 1 is 1.21 bits per heavy atom. The predicted octanol–water partition coefficient (Wildman–Crippen LogP) is 2.23. The minimum Gasteiger partial charge on any atom is -0.493 e. The lowest BCUT2D eigenvalue weighted by Crippen LogP contribution is -2.60. The highest BCUT2D eigenvalue weighted by Crippen LogP contribution is 2.41. The summed E-state index contributed by atoms with van der Waals surface area (Å²) >= 11 is 0. The summed E-state index contributed by atoms with van der Waals surface area (Å²) in [7, 11) is 2.15. The zero-order chi connectivity index (χ0) is 23.2. The van der Waals surface area contributed by atoms with E-state index in [1.807, 2.05) is 4.90 Å². The summed E-state index contributed by atoms with van der Waals surface area (Å²) in [6.07, 6.45) is 4.03. The molecule has 9 heteroatoms. The number of fused-ring (bicyclic) bond motifs is 1. The van der Waals surface area contributed by atoms with Crippen LogP contribution < -0.4 is 15.2 Å². The highest BCUT2D eigenvalue weighted by molar-refractivity contribution is 5.81. The highest BCUT2D eigenvalue weighted by Gasteiger charge is 2.45. The van der Waals surface area contributed by atoms with E-state index in [1.54, 1.807) is 13.0 Å². The maximum absolute atomic E-state index is 14.8. The van der Waals surface area contributed by atoms with Gasteiger partial charge < -0.3 is 19.4 Å². The predicted molar refractivity (Wildman–Crippen MR) is 124 cm³/mol. The molecule has 0 atom stereocenters. The molecule has 0 saturated carbocycles. The first-order chi connectivity index (χ1) is 15.8. The number of amides is 1. The van der Waals surface area contributed by atoms with Crippen molar-refractivity contribution in [1.29, 1.82) is 0 Å². The van der Waals surface area contributed by atoms with E-state index in [1.165, 1.54) is 6.07 Å². The van der Waals surface area contributed by atoms with Crippen molar-refractivity contribution >= 4 is 22.8 Å². The van der Waals surface area contributed by atoms with E-state index >= 15 is 0 Å². The Labute approximate surface area is 192 Å². The van der Waals surface area contributed by atoms with Crippen molar-refractivity contribution in [2.24, 2.45) is 11.3 Å². The average molecular weight is 458 g/mol. The van der Waals surface area contributed by atoms with E-state index in [2.05, 4.69) is 26.8 Å². The zero-order valence-electron chi connectivity index (χ0n) is 19.4. The van der Waals surface area contributed by atoms with E-state index < -0.39 is 11.4 Å². The van der Waals surface area contributed by atoms with Crippen LogP contribution in [0.3, 0.4) is 0 Å². The number of aromatic nitrogens is 2. The van der Waals surface area contributed by atoms with Crippen molar-refractivity contribution in [1.82, 2.24) is 19.8 Å². The quantitative estimate of drug-likeness (QED) is 0.758. The van der Waals surface area contributed by atoms with Gasteiger partial charge >= 0.3 is 0 Å². The van der Waals surface area contributed by atoms with Gasteiger partial charge in [-0.05, 0) is 51.7 Å². The first-order valence-electron chi connectivity index (χ1n) is 11.9. The van der Waals surface area contributed by atoms with Crippen molar-refractivity contribution in [3.8, 4) is 5.75 Å². The molecule has 1 aromatic carbocycles. The lowest BCUT2D eigenvalue weighted by Gasteiger charge is -2.53. The molecule has 1 spiro atoms. The molecule has 3 fully saturated rings. The summed E-state index contributed by atoms with van der Waals surface area (Å²) in [5, 5.41) is -0.0320. The Morgan fingerprint density at radius 3 is 2.58 bits per heavy atom. The topological polar surface area (TPSA) is 81.8 Å². The van der Waals surface area contributed by atoms with Crippen LogP contribution in [0.15, 0.2) is 16.9 Å². The Bertz CT molecular complexity index is 1100. The largest absolute Gasteiger partial charge is 0.493 e. The number of nitrogens with one attached hydrogen (secondary N) is 1. The Balaban J connectivity index is 1.28. The minimum absolute atomic E-state index is 0.0320. The number of piperidine rings is 2. The van der Waals surface area contributed by atoms with Crippen LogP contribution in [-0.2, 0) is 4.79 Å². The van der Waals surface area contributed by atoms with Gasteiger partial charge in [-0.2, -0.15) is 0 Å². The molecule has 0 unspecified atom stereocenters. The van der Waals surface area contributed by atoms with Crippen molar-refractivity contribution in [2.75, 3.05) is 57.8 Å². The van der Waals surface area contributed by atoms with Crippen LogP contribution in [0, 0.1) is 17.2 Å². The molecule has 5 rings (SSSR count). The fourth-order valence-electron chi connectivity index (χ4n) is 5.37. The monoisotopic (exact) mass is 457 g/mol. The van der Waals surface area contributed by atoms with Crippen LogP contribution in [0.4, 0.5) is 10.3 Å². The minimum atomic E-state index is -0.621. The molecule has 33 heavy (non-hydrogen) atoms. The van der Waals surface area contributed by atoms with Gasteiger partial charge in [0.25, 0.3) is 5.56 Å². The van der Waals surface area contributed by atoms with Gasteiger partial charge in [-0.1, -0.05) is 0 Å². The third kappa shape index (κ3) is 4.43. The maximum atomic E-state index is 14.8. The molecule has 0 aliphatic carbocycles. The molecule has 1 amide bonds. The SMILES string of the molecule is CC(=O)N1CCC(COc2cc(F)c3c(=O)[nH]c(N4CC5(CCN(C)CC5)C4)nc3c2)CC1. The molecule has 178 valence electrons. The normalized spacial score (nSPS) is 21.4. The van der Waals surface area contributed by atoms with Gasteiger partial charge in [0.1, 0.15) is 17.0 Å². The number of nitrogens with zero attached hydrogens (tertiary/aromatic N) is 4. The molecule has 3 saturated heterocycles. The number of rotatable bonds is 4. The molecule has 0 bridgehead atoms. The first kappa shape index (κ1) is 22.1. The maximum Gasteiger partial charge on any atom is 0.263 e. The standard InChI is InChI=1S/C24H32FN5O3/c1-16(31)29-7-3-17(4-8-29)13-33-18-11-19(25)21-20(12-18)26-23(27-22(21)32)30-14-24(15-30)5-9-28(2)10-6-24/h11-12,17H,3-10,13-15H2,1-2H3,(H,26,27,32). The lowest BCUT2D eigenvalue weighted by atomic mass is 9.72. The second-order valence-corrected chi connectivity index (χ2v) is 10.1. The smallest absolute Gasteiger partial charge is 0.263 e. The number of halogens is 1. The summed E-state index contributed by atoms with van der Waals surface area (Å²) in [4.78, 5) is 37.8. The molecular weight excluding hydrogens is 425 g/mol. The van der Waals surface area contributed by atoms with Gasteiger partial charge in [-0.3, -0.25) is 14.6 Å². The number of benzene rings is 1. The first-order valence-corrected chi connectivity index (χ1v) is 11.9. The molecular formula is C24H32FN5O3. The number of likely N-dealkylation sites (tertiary alicyclic amines) is 2. The van der Waals surface area contributed by atoms with Gasteiger partial charge in [0, 0.05) is 50.7 Å². The summed E-state index contributed by atoms with van der Waals surface area (Å²) in [6.45, 7) is 7.41. The fourth-order valence-corrected chi connectivity index (χ4v) is 5.37. The zero-order valence-corrected chi connectivity index (χ0v) is 19.4. The summed E-state index contributed by atoms with van der Waals surface area (Å²) in [6, 6.07) is 2.92. The van der Waals surface area contributed by atoms with Gasteiger partial charge in [0.05, 0.1) is 12.1 Å². The third-order valence-electron chi connectivity index (χ3n) is 7.67. The van der Waals surface area contributed by atoms with Crippen molar-refractivity contribution in [2.45, 2.75) is 32.6 Å². The molecule has 2 aromatic rings. The second kappa shape index (κ2) is 8.59. The molecule has 0 radical (unpaired) electrons. The molecule has 1 aromatic heterocycles. The molecule has 3 aliphatic heterocycles. The van der Waals surface area contributed by atoms with E-state index in [9.17, 15) is 14.0 Å². The number of carbonyl (C=O) groups excluding carboxylic acids is 1. The van der Waals surface area contributed by atoms with Gasteiger partial charge in [-0.15, -0.1) is 0 Å². The summed E-state index contributed by atoms with van der Waals surface area (Å²) in [5.74, 6) is 0.680. The number of anilines is 1. The number of aromatic amines is 1. The number of H-pyrrole nitrogens is 1. The Hall–Kier alpha value is -2.68. The summed E-state index contributed by atoms with van der Waals surface area (Å²) < 4.78 is 20.7. The highest BCUT2D eigenvalue weighted by atomic mass is 19.1. The number of ether oxygens (including phenoxy) is 1. The molecule has 3 aliphatic rings. The van der Waals surface area contributed by atoms with Crippen LogP contribution in [0.5, 0.6) is 5.75 Å². The Morgan fingerprint density at radius 2 is 1.91 bits per heavy atom. The van der Waals surface area contributed by atoms with E-state index in [-0.39, 0.29) is 11.3 Å². The van der Waals surface area contributed by atoms with E-state index in [0.29, 0.717) is 35.2 Å². The van der Waals surface area contributed by atoms with E-state index in [4.69, 9.17) is 4.74 Å². The van der Waals surface area contributed by atoms with Crippen LogP contribution in [0.25, 0.3) is 10.9 Å². The third-order valence-corrected chi connectivity index (χ3v) is 7.67. The molecule has 8 nitrogen and oxygen atoms in total. The average Bonchev–Trinajstić information content (AvgIpc) is 2.76. The van der Waals surface area contributed by atoms with Crippen molar-refractivity contribution in [3.63, 3.8) is 0 Å². The Kier molecular flexibility index (Phi) is 5.76. The molecule has 1 N–H and O–H groups in total. The van der Waals surface area contributed by atoms with Crippen LogP contribution in [0.2, 0.25) is 0 Å². The van der Waals surface area contributed by atoms with Gasteiger partial charge in [0.15, 0.2) is 0 Å². The van der Waals surface area contributed by atoms with Crippen molar-refractivity contribution in [3.05, 3.63) is 28.3 Å². The van der Waals surface area contributed by atoms with Gasteiger partial charge in [-0.25, -0.2) is 9.37 Å². The van der Waals surface area contributed by atoms with E-state index in [0.717, 1.165) is 65.0 Å². The number of carbonyl (C=O) groups is 1. The van der Waals surface area contributed by atoms with Crippen LogP contribution in [-0.4, -0.2) is 78.6 Å². The lowest BCUT2D eigenvalue weighted by molar-refractivity contribution is -0.130. The van der Waals surface area contributed by atoms with Gasteiger partial charge in [0.2, 0.25) is 11.9 Å². The molecule has 4 heterocycles. The fraction of sp³-hybridized carbons (Fsp3) is 0.625. The number of hydrogen-bond acceptors (Lipinski definition) is 6. The van der Waals surface area contributed by atoms with Crippen molar-refractivity contribution < 1.29 is 13.9 Å². The number of hydrogen-bond donors (Lipinski definition) is 1. The second-order valence-electron chi connectivity index (χ2n) is 10.1.